The fourth-order valence-corrected chi connectivity index (χ4v) is 7.44. The maximum Gasteiger partial charge on any atom is 0.123 e. The van der Waals surface area contributed by atoms with E-state index in [2.05, 4.69) is 46.2 Å². The van der Waals surface area contributed by atoms with E-state index in [0.717, 1.165) is 68.1 Å². The quantitative estimate of drug-likeness (QED) is 0.218. The molecule has 0 bridgehead atoms. The average molecular weight is 575 g/mol. The van der Waals surface area contributed by atoms with Crippen LogP contribution in [-0.4, -0.2) is 42.5 Å². The van der Waals surface area contributed by atoms with E-state index in [9.17, 15) is 8.78 Å². The number of hydrogen-bond donors (Lipinski definition) is 0. The van der Waals surface area contributed by atoms with Crippen molar-refractivity contribution in [1.29, 1.82) is 0 Å². The summed E-state index contributed by atoms with van der Waals surface area (Å²) in [6.45, 7) is 5.10. The number of fused-ring (bicyclic) bond motifs is 2. The van der Waals surface area contributed by atoms with Crippen LogP contribution in [0.5, 0.6) is 0 Å². The fourth-order valence-electron chi connectivity index (χ4n) is 6.14. The molecule has 0 aliphatic carbocycles. The summed E-state index contributed by atoms with van der Waals surface area (Å²) >= 11 is 8.34. The molecular weight excluding hydrogens is 542 g/mol. The third-order valence-electron chi connectivity index (χ3n) is 8.30. The van der Waals surface area contributed by atoms with Gasteiger partial charge in [0, 0.05) is 53.0 Å². The van der Waals surface area contributed by atoms with E-state index >= 15 is 0 Å². The summed E-state index contributed by atoms with van der Waals surface area (Å²) in [5.41, 5.74) is 4.88. The Morgan fingerprint density at radius 2 is 1.43 bits per heavy atom. The highest BCUT2D eigenvalue weighted by Crippen LogP contribution is 2.44. The molecule has 0 saturated carbocycles. The Hall–Kier alpha value is -2.70. The number of nitrogens with zero attached hydrogens (tertiary/aromatic N) is 2. The lowest BCUT2D eigenvalue weighted by Gasteiger charge is -2.40. The summed E-state index contributed by atoms with van der Waals surface area (Å²) in [6.07, 6.45) is 2.94. The molecule has 0 amide bonds. The second-order valence-corrected chi connectivity index (χ2v) is 12.3. The van der Waals surface area contributed by atoms with Gasteiger partial charge in [-0.1, -0.05) is 65.8 Å². The third-order valence-corrected chi connectivity index (χ3v) is 9.74. The molecule has 2 heterocycles. The van der Waals surface area contributed by atoms with Gasteiger partial charge in [-0.15, -0.1) is 0 Å². The molecule has 0 aromatic heterocycles. The highest BCUT2D eigenvalue weighted by atomic mass is 35.5. The third kappa shape index (κ3) is 6.28. The molecular formula is C34H33ClF2N2S. The fraction of sp³-hybridized carbons (Fsp3) is 0.294. The van der Waals surface area contributed by atoms with Crippen molar-refractivity contribution in [1.82, 2.24) is 9.80 Å². The minimum atomic E-state index is -0.236. The summed E-state index contributed by atoms with van der Waals surface area (Å²) in [7, 11) is 0. The van der Waals surface area contributed by atoms with Crippen molar-refractivity contribution in [3.8, 4) is 0 Å². The Morgan fingerprint density at radius 3 is 2.10 bits per heavy atom. The number of halogens is 3. The van der Waals surface area contributed by atoms with E-state index < -0.39 is 0 Å². The first-order valence-corrected chi connectivity index (χ1v) is 15.3. The number of hydrogen-bond acceptors (Lipinski definition) is 3. The average Bonchev–Trinajstić information content (AvgIpc) is 3.14. The number of benzene rings is 4. The van der Waals surface area contributed by atoms with Gasteiger partial charge in [0.25, 0.3) is 0 Å². The molecule has 1 unspecified atom stereocenters. The second-order valence-electron chi connectivity index (χ2n) is 10.8. The van der Waals surface area contributed by atoms with Gasteiger partial charge in [-0.3, -0.25) is 4.90 Å². The van der Waals surface area contributed by atoms with Crippen molar-refractivity contribution in [2.75, 3.05) is 32.7 Å². The van der Waals surface area contributed by atoms with Crippen LogP contribution in [0.15, 0.2) is 101 Å². The Morgan fingerprint density at radius 1 is 0.775 bits per heavy atom. The molecule has 6 rings (SSSR count). The van der Waals surface area contributed by atoms with Crippen molar-refractivity contribution in [3.05, 3.63) is 130 Å². The van der Waals surface area contributed by atoms with E-state index in [4.69, 9.17) is 11.6 Å². The van der Waals surface area contributed by atoms with Crippen molar-refractivity contribution in [2.24, 2.45) is 0 Å². The molecule has 0 spiro atoms. The van der Waals surface area contributed by atoms with Crippen LogP contribution in [0.1, 0.15) is 47.1 Å². The van der Waals surface area contributed by atoms with Crippen molar-refractivity contribution in [3.63, 3.8) is 0 Å². The normalized spacial score (nSPS) is 17.9. The lowest BCUT2D eigenvalue weighted by Crippen LogP contribution is -2.48. The van der Waals surface area contributed by atoms with E-state index in [-0.39, 0.29) is 17.6 Å². The molecule has 1 saturated heterocycles. The highest BCUT2D eigenvalue weighted by Gasteiger charge is 2.30. The monoisotopic (exact) mass is 574 g/mol. The Kier molecular flexibility index (Phi) is 8.54. The van der Waals surface area contributed by atoms with Crippen LogP contribution in [0.25, 0.3) is 0 Å². The zero-order valence-corrected chi connectivity index (χ0v) is 24.0. The summed E-state index contributed by atoms with van der Waals surface area (Å²) in [6, 6.07) is 28.9. The van der Waals surface area contributed by atoms with Gasteiger partial charge in [0.05, 0.1) is 0 Å². The second kappa shape index (κ2) is 12.4. The molecule has 1 atom stereocenters. The summed E-state index contributed by atoms with van der Waals surface area (Å²) < 4.78 is 27.2. The Bertz CT molecular complexity index is 1390. The van der Waals surface area contributed by atoms with Crippen molar-refractivity contribution >= 4 is 23.4 Å². The van der Waals surface area contributed by atoms with Crippen molar-refractivity contribution in [2.45, 2.75) is 41.0 Å². The predicted octanol–water partition coefficient (Wildman–Crippen LogP) is 8.60. The van der Waals surface area contributed by atoms with Crippen LogP contribution in [0.4, 0.5) is 8.78 Å². The molecule has 2 aliphatic rings. The maximum atomic E-state index is 13.6. The van der Waals surface area contributed by atoms with Gasteiger partial charge in [-0.25, -0.2) is 8.78 Å². The molecule has 6 heteroatoms. The maximum absolute atomic E-state index is 13.6. The highest BCUT2D eigenvalue weighted by molar-refractivity contribution is 7.99. The van der Waals surface area contributed by atoms with E-state index in [0.29, 0.717) is 6.04 Å². The van der Waals surface area contributed by atoms with E-state index in [1.54, 1.807) is 0 Å². The van der Waals surface area contributed by atoms with Crippen LogP contribution in [-0.2, 0) is 6.42 Å². The topological polar surface area (TPSA) is 6.48 Å². The largest absolute Gasteiger partial charge is 0.301 e. The molecule has 40 heavy (non-hydrogen) atoms. The molecule has 1 fully saturated rings. The van der Waals surface area contributed by atoms with Gasteiger partial charge in [0.1, 0.15) is 11.6 Å². The summed E-state index contributed by atoms with van der Waals surface area (Å²) in [4.78, 5) is 7.83. The summed E-state index contributed by atoms with van der Waals surface area (Å²) in [5.74, 6) is -0.354. The molecule has 0 radical (unpaired) electrons. The van der Waals surface area contributed by atoms with Gasteiger partial charge in [0.2, 0.25) is 0 Å². The minimum Gasteiger partial charge on any atom is -0.301 e. The SMILES string of the molecule is Fc1ccc(C(CCCN2CCN(C3Cc4ccccc4Sc4ccc(Cl)cc43)CC2)c2ccc(F)cc2)cc1. The first kappa shape index (κ1) is 27.5. The molecule has 2 nitrogen and oxygen atoms in total. The minimum absolute atomic E-state index is 0.118. The lowest BCUT2D eigenvalue weighted by atomic mass is 9.87. The smallest absolute Gasteiger partial charge is 0.123 e. The van der Waals surface area contributed by atoms with Crippen LogP contribution in [0, 0.1) is 11.6 Å². The van der Waals surface area contributed by atoms with Gasteiger partial charge >= 0.3 is 0 Å². The molecule has 2 aliphatic heterocycles. The number of piperazine rings is 1. The first-order chi connectivity index (χ1) is 19.5. The first-order valence-electron chi connectivity index (χ1n) is 14.1. The number of rotatable bonds is 7. The Labute approximate surface area is 245 Å². The molecule has 206 valence electrons. The standard InChI is InChI=1S/C34H33ClF2N2S/c35-27-11-16-34-31(23-27)32(22-26-4-1-2-6-33(26)40-34)39-20-18-38(19-21-39)17-3-5-30(24-7-12-28(36)13-8-24)25-9-14-29(37)15-10-25/h1-2,4,6-16,23,30,32H,3,5,17-22H2. The predicted molar refractivity (Wildman–Crippen MR) is 160 cm³/mol. The molecule has 0 N–H and O–H groups in total. The molecule has 4 aromatic carbocycles. The van der Waals surface area contributed by atoms with Crippen molar-refractivity contribution < 1.29 is 8.78 Å². The molecule has 4 aromatic rings. The Balaban J connectivity index is 1.10. The van der Waals surface area contributed by atoms with Gasteiger partial charge in [-0.05, 0) is 96.6 Å². The van der Waals surface area contributed by atoms with E-state index in [1.165, 1.54) is 45.2 Å². The van der Waals surface area contributed by atoms with E-state index in [1.807, 2.05) is 42.1 Å². The zero-order valence-electron chi connectivity index (χ0n) is 22.4. The van der Waals surface area contributed by atoms with Gasteiger partial charge in [-0.2, -0.15) is 0 Å². The summed E-state index contributed by atoms with van der Waals surface area (Å²) in [5, 5.41) is 0.797. The van der Waals surface area contributed by atoms with Crippen LogP contribution >= 0.6 is 23.4 Å². The van der Waals surface area contributed by atoms with Gasteiger partial charge in [0.15, 0.2) is 0 Å². The van der Waals surface area contributed by atoms with Crippen LogP contribution in [0.2, 0.25) is 5.02 Å². The van der Waals surface area contributed by atoms with Crippen LogP contribution in [0.3, 0.4) is 0 Å². The zero-order chi connectivity index (χ0) is 27.5. The van der Waals surface area contributed by atoms with Gasteiger partial charge < -0.3 is 4.90 Å². The van der Waals surface area contributed by atoms with Crippen LogP contribution < -0.4 is 0 Å². The lowest BCUT2D eigenvalue weighted by molar-refractivity contribution is 0.0932.